The molecular formula is C15H19N3S. The van der Waals surface area contributed by atoms with Gasteiger partial charge in [0.15, 0.2) is 5.16 Å². The maximum absolute atomic E-state index is 6.00. The highest BCUT2D eigenvalue weighted by Crippen LogP contribution is 2.31. The van der Waals surface area contributed by atoms with Crippen LogP contribution in [0.5, 0.6) is 0 Å². The summed E-state index contributed by atoms with van der Waals surface area (Å²) in [5, 5.41) is 0.786. The van der Waals surface area contributed by atoms with Crippen LogP contribution in [0.1, 0.15) is 35.5 Å². The van der Waals surface area contributed by atoms with Crippen molar-refractivity contribution >= 4 is 11.8 Å². The Bertz CT molecular complexity index is 571. The topological polar surface area (TPSA) is 51.8 Å². The fourth-order valence-electron chi connectivity index (χ4n) is 1.84. The minimum atomic E-state index is 0.0105. The molecule has 100 valence electrons. The molecule has 0 aliphatic rings. The molecule has 2 N–H and O–H groups in total. The van der Waals surface area contributed by atoms with Crippen LogP contribution in [-0.2, 0) is 0 Å². The van der Waals surface area contributed by atoms with E-state index in [1.807, 2.05) is 32.9 Å². The Labute approximate surface area is 118 Å². The Balaban J connectivity index is 2.37. The average Bonchev–Trinajstić information content (AvgIpc) is 2.36. The van der Waals surface area contributed by atoms with Crippen LogP contribution in [0.25, 0.3) is 0 Å². The van der Waals surface area contributed by atoms with Crippen molar-refractivity contribution in [2.75, 3.05) is 0 Å². The van der Waals surface area contributed by atoms with E-state index in [1.165, 1.54) is 0 Å². The Morgan fingerprint density at radius 3 is 2.21 bits per heavy atom. The molecule has 0 radical (unpaired) electrons. The molecule has 3 nitrogen and oxygen atoms in total. The maximum Gasteiger partial charge on any atom is 0.192 e. The number of benzene rings is 1. The van der Waals surface area contributed by atoms with E-state index in [9.17, 15) is 0 Å². The normalized spacial score (nSPS) is 12.5. The lowest BCUT2D eigenvalue weighted by Gasteiger charge is -2.12. The lowest BCUT2D eigenvalue weighted by molar-refractivity contribution is 0.795. The number of hydrogen-bond donors (Lipinski definition) is 1. The molecule has 2 aromatic rings. The third-order valence-electron chi connectivity index (χ3n) is 3.22. The van der Waals surface area contributed by atoms with Crippen LogP contribution in [0.15, 0.2) is 34.3 Å². The van der Waals surface area contributed by atoms with Crippen LogP contribution >= 0.6 is 11.8 Å². The molecule has 0 unspecified atom stereocenters. The van der Waals surface area contributed by atoms with Crippen LogP contribution in [0.2, 0.25) is 0 Å². The predicted molar refractivity (Wildman–Crippen MR) is 79.4 cm³/mol. The van der Waals surface area contributed by atoms with Crippen LogP contribution in [0.3, 0.4) is 0 Å². The van der Waals surface area contributed by atoms with Crippen molar-refractivity contribution in [3.05, 3.63) is 46.8 Å². The van der Waals surface area contributed by atoms with Gasteiger partial charge in [-0.25, -0.2) is 9.97 Å². The van der Waals surface area contributed by atoms with E-state index in [0.29, 0.717) is 0 Å². The second-order valence-electron chi connectivity index (χ2n) is 4.73. The lowest BCUT2D eigenvalue weighted by atomic mass is 10.1. The number of nitrogens with two attached hydrogens (primary N) is 1. The molecule has 0 bridgehead atoms. The Hall–Kier alpha value is -1.39. The highest BCUT2D eigenvalue weighted by atomic mass is 32.2. The van der Waals surface area contributed by atoms with Crippen molar-refractivity contribution < 1.29 is 0 Å². The molecule has 1 aromatic heterocycles. The molecule has 0 fully saturated rings. The number of aromatic nitrogens is 2. The van der Waals surface area contributed by atoms with Gasteiger partial charge in [0.1, 0.15) is 0 Å². The van der Waals surface area contributed by atoms with Gasteiger partial charge in [0.2, 0.25) is 0 Å². The number of aryl methyl sites for hydroxylation is 2. The van der Waals surface area contributed by atoms with Crippen molar-refractivity contribution in [1.29, 1.82) is 0 Å². The van der Waals surface area contributed by atoms with Crippen molar-refractivity contribution in [3.8, 4) is 0 Å². The van der Waals surface area contributed by atoms with Gasteiger partial charge in [-0.05, 0) is 56.7 Å². The Morgan fingerprint density at radius 1 is 1.05 bits per heavy atom. The molecular weight excluding hydrogens is 254 g/mol. The molecule has 0 amide bonds. The smallest absolute Gasteiger partial charge is 0.192 e. The average molecular weight is 273 g/mol. The zero-order chi connectivity index (χ0) is 14.0. The molecule has 0 saturated carbocycles. The Morgan fingerprint density at radius 2 is 1.63 bits per heavy atom. The first-order valence-corrected chi connectivity index (χ1v) is 7.15. The molecule has 1 atom stereocenters. The number of rotatable bonds is 3. The molecule has 1 heterocycles. The van der Waals surface area contributed by atoms with E-state index in [1.54, 1.807) is 11.8 Å². The zero-order valence-electron chi connectivity index (χ0n) is 11.8. The van der Waals surface area contributed by atoms with Gasteiger partial charge >= 0.3 is 0 Å². The zero-order valence-corrected chi connectivity index (χ0v) is 12.6. The van der Waals surface area contributed by atoms with Gasteiger partial charge in [-0.2, -0.15) is 0 Å². The fourth-order valence-corrected chi connectivity index (χ4v) is 2.92. The van der Waals surface area contributed by atoms with Gasteiger partial charge in [-0.15, -0.1) is 0 Å². The predicted octanol–water partition coefficient (Wildman–Crippen LogP) is 3.57. The van der Waals surface area contributed by atoms with Crippen molar-refractivity contribution in [3.63, 3.8) is 0 Å². The largest absolute Gasteiger partial charge is 0.324 e. The van der Waals surface area contributed by atoms with E-state index in [-0.39, 0.29) is 6.04 Å². The lowest BCUT2D eigenvalue weighted by Crippen LogP contribution is -2.06. The SMILES string of the molecule is Cc1nc(Sc2ccccc2[C@@H](C)N)nc(C)c1C. The quantitative estimate of drug-likeness (QED) is 0.869. The summed E-state index contributed by atoms with van der Waals surface area (Å²) in [4.78, 5) is 10.2. The third kappa shape index (κ3) is 3.14. The van der Waals surface area contributed by atoms with E-state index in [2.05, 4.69) is 29.0 Å². The molecule has 2 rings (SSSR count). The monoisotopic (exact) mass is 273 g/mol. The van der Waals surface area contributed by atoms with Crippen LogP contribution in [0.4, 0.5) is 0 Å². The highest BCUT2D eigenvalue weighted by Gasteiger charge is 2.11. The van der Waals surface area contributed by atoms with E-state index in [4.69, 9.17) is 5.73 Å². The summed E-state index contributed by atoms with van der Waals surface area (Å²) in [6.07, 6.45) is 0. The van der Waals surface area contributed by atoms with Gasteiger partial charge < -0.3 is 5.73 Å². The molecule has 0 aliphatic carbocycles. The van der Waals surface area contributed by atoms with Crippen molar-refractivity contribution in [2.45, 2.75) is 43.8 Å². The minimum absolute atomic E-state index is 0.0105. The molecule has 0 aliphatic heterocycles. The second kappa shape index (κ2) is 5.72. The first-order chi connectivity index (χ1) is 8.99. The van der Waals surface area contributed by atoms with Crippen molar-refractivity contribution in [1.82, 2.24) is 9.97 Å². The maximum atomic E-state index is 6.00. The minimum Gasteiger partial charge on any atom is -0.324 e. The Kier molecular flexibility index (Phi) is 4.22. The highest BCUT2D eigenvalue weighted by molar-refractivity contribution is 7.99. The van der Waals surface area contributed by atoms with E-state index in [0.717, 1.165) is 32.6 Å². The van der Waals surface area contributed by atoms with Gasteiger partial charge in [0.25, 0.3) is 0 Å². The standard InChI is InChI=1S/C15H19N3S/c1-9-11(3)17-15(18-12(9)4)19-14-8-6-5-7-13(14)10(2)16/h5-8,10H,16H2,1-4H3/t10-/m1/s1. The second-order valence-corrected chi connectivity index (χ2v) is 5.74. The van der Waals surface area contributed by atoms with Crippen LogP contribution in [-0.4, -0.2) is 9.97 Å². The molecule has 0 saturated heterocycles. The number of nitrogens with zero attached hydrogens (tertiary/aromatic N) is 2. The van der Waals surface area contributed by atoms with Gasteiger partial charge in [-0.3, -0.25) is 0 Å². The summed E-state index contributed by atoms with van der Waals surface area (Å²) >= 11 is 1.58. The van der Waals surface area contributed by atoms with Crippen molar-refractivity contribution in [2.24, 2.45) is 5.73 Å². The summed E-state index contributed by atoms with van der Waals surface area (Å²) in [7, 11) is 0. The first-order valence-electron chi connectivity index (χ1n) is 6.33. The summed E-state index contributed by atoms with van der Waals surface area (Å²) in [5.41, 5.74) is 10.4. The van der Waals surface area contributed by atoms with Gasteiger partial charge in [0, 0.05) is 22.3 Å². The van der Waals surface area contributed by atoms with E-state index < -0.39 is 0 Å². The molecule has 4 heteroatoms. The summed E-state index contributed by atoms with van der Waals surface area (Å²) < 4.78 is 0. The van der Waals surface area contributed by atoms with E-state index >= 15 is 0 Å². The fraction of sp³-hybridized carbons (Fsp3) is 0.333. The first kappa shape index (κ1) is 14.0. The molecule has 1 aromatic carbocycles. The third-order valence-corrected chi connectivity index (χ3v) is 4.18. The summed E-state index contributed by atoms with van der Waals surface area (Å²) in [6, 6.07) is 8.16. The summed E-state index contributed by atoms with van der Waals surface area (Å²) in [6.45, 7) is 8.08. The molecule has 0 spiro atoms. The van der Waals surface area contributed by atoms with Gasteiger partial charge in [-0.1, -0.05) is 18.2 Å². The number of hydrogen-bond acceptors (Lipinski definition) is 4. The molecule has 19 heavy (non-hydrogen) atoms. The summed E-state index contributed by atoms with van der Waals surface area (Å²) in [5.74, 6) is 0. The van der Waals surface area contributed by atoms with Crippen LogP contribution < -0.4 is 5.73 Å². The van der Waals surface area contributed by atoms with Gasteiger partial charge in [0.05, 0.1) is 0 Å². The van der Waals surface area contributed by atoms with Crippen LogP contribution in [0, 0.1) is 20.8 Å².